The number of amides is 3. The molecule has 1 aliphatic heterocycles. The highest BCUT2D eigenvalue weighted by molar-refractivity contribution is 5.98. The first-order chi connectivity index (χ1) is 21.8. The van der Waals surface area contributed by atoms with E-state index in [4.69, 9.17) is 9.26 Å². The minimum absolute atomic E-state index is 0.0411. The molecule has 46 heavy (non-hydrogen) atoms. The Bertz CT molecular complexity index is 1340. The van der Waals surface area contributed by atoms with Gasteiger partial charge in [-0.05, 0) is 50.0 Å². The van der Waals surface area contributed by atoms with Gasteiger partial charge in [-0.1, -0.05) is 70.1 Å². The van der Waals surface area contributed by atoms with Crippen LogP contribution in [0.15, 0.2) is 40.9 Å². The highest BCUT2D eigenvalue weighted by Gasteiger charge is 2.48. The number of ketones is 1. The number of morpholine rings is 1. The van der Waals surface area contributed by atoms with Gasteiger partial charge in [-0.2, -0.15) is 0 Å². The van der Waals surface area contributed by atoms with E-state index in [2.05, 4.69) is 32.9 Å². The molecular weight excluding hydrogens is 586 g/mol. The topological polar surface area (TPSA) is 143 Å². The Morgan fingerprint density at radius 2 is 1.57 bits per heavy atom. The standard InChI is InChI=1S/C35H51N5O6/c1-22(2)16-27(31(41)35(6)12-13-35)36-33(43)29(18-25-10-8-7-9-11-25)38-32(42)28(17-23(3)4)37-34(44)30-19-26(46-39-30)20-40-14-15-45-21-24(40)5/h7-11,19,22-24,27-29H,12-18,20-21H2,1-6H3,(H,36,43)(H,37,44)(H,38,42)/t24?,27-,28-,29-/m0/s1. The van der Waals surface area contributed by atoms with Crippen molar-refractivity contribution in [3.8, 4) is 0 Å². The number of ether oxygens (including phenoxy) is 1. The van der Waals surface area contributed by atoms with Gasteiger partial charge in [-0.15, -0.1) is 0 Å². The fourth-order valence-corrected chi connectivity index (χ4v) is 5.79. The number of hydrogen-bond acceptors (Lipinski definition) is 8. The predicted octanol–water partition coefficient (Wildman–Crippen LogP) is 3.67. The van der Waals surface area contributed by atoms with Crippen LogP contribution < -0.4 is 16.0 Å². The monoisotopic (exact) mass is 637 g/mol. The fourth-order valence-electron chi connectivity index (χ4n) is 5.79. The molecule has 11 nitrogen and oxygen atoms in total. The Hall–Kier alpha value is -3.57. The van der Waals surface area contributed by atoms with E-state index in [1.165, 1.54) is 0 Å². The zero-order valence-electron chi connectivity index (χ0n) is 28.1. The summed E-state index contributed by atoms with van der Waals surface area (Å²) in [5.41, 5.74) is 0.539. The van der Waals surface area contributed by atoms with Gasteiger partial charge in [0.2, 0.25) is 11.8 Å². The lowest BCUT2D eigenvalue weighted by molar-refractivity contribution is -0.133. The second-order valence-electron chi connectivity index (χ2n) is 14.1. The molecule has 4 rings (SSSR count). The van der Waals surface area contributed by atoms with Crippen molar-refractivity contribution in [3.63, 3.8) is 0 Å². The summed E-state index contributed by atoms with van der Waals surface area (Å²) < 4.78 is 11.0. The van der Waals surface area contributed by atoms with E-state index in [1.54, 1.807) is 6.07 Å². The van der Waals surface area contributed by atoms with Crippen LogP contribution in [0.3, 0.4) is 0 Å². The second-order valence-corrected chi connectivity index (χ2v) is 14.1. The highest BCUT2D eigenvalue weighted by Crippen LogP contribution is 2.47. The normalized spacial score (nSPS) is 19.7. The lowest BCUT2D eigenvalue weighted by atomic mass is 9.91. The summed E-state index contributed by atoms with van der Waals surface area (Å²) in [4.78, 5) is 56.4. The van der Waals surface area contributed by atoms with Gasteiger partial charge in [-0.3, -0.25) is 24.1 Å². The van der Waals surface area contributed by atoms with Crippen LogP contribution in [0.2, 0.25) is 0 Å². The third-order valence-corrected chi connectivity index (χ3v) is 8.84. The molecule has 0 radical (unpaired) electrons. The molecular formula is C35H51N5O6. The van der Waals surface area contributed by atoms with Crippen molar-refractivity contribution in [2.45, 2.75) is 104 Å². The summed E-state index contributed by atoms with van der Waals surface area (Å²) in [6.07, 6.45) is 2.72. The van der Waals surface area contributed by atoms with Crippen LogP contribution in [0, 0.1) is 17.3 Å². The van der Waals surface area contributed by atoms with Crippen LogP contribution in [0.4, 0.5) is 0 Å². The van der Waals surface area contributed by atoms with Gasteiger partial charge in [0, 0.05) is 30.5 Å². The first kappa shape index (κ1) is 35.3. The molecule has 0 bridgehead atoms. The summed E-state index contributed by atoms with van der Waals surface area (Å²) >= 11 is 0. The average molecular weight is 638 g/mol. The zero-order valence-corrected chi connectivity index (χ0v) is 28.1. The fraction of sp³-hybridized carbons (Fsp3) is 0.629. The molecule has 1 aliphatic carbocycles. The van der Waals surface area contributed by atoms with Crippen LogP contribution in [0.1, 0.15) is 89.0 Å². The number of aromatic nitrogens is 1. The summed E-state index contributed by atoms with van der Waals surface area (Å²) in [7, 11) is 0. The molecule has 3 N–H and O–H groups in total. The molecule has 4 atom stereocenters. The first-order valence-electron chi connectivity index (χ1n) is 16.6. The van der Waals surface area contributed by atoms with Crippen molar-refractivity contribution >= 4 is 23.5 Å². The van der Waals surface area contributed by atoms with Gasteiger partial charge in [0.05, 0.1) is 25.8 Å². The number of nitrogens with zero attached hydrogens (tertiary/aromatic N) is 2. The van der Waals surface area contributed by atoms with Crippen molar-refractivity contribution in [2.24, 2.45) is 17.3 Å². The number of nitrogens with one attached hydrogen (secondary N) is 3. The van der Waals surface area contributed by atoms with E-state index in [1.807, 2.05) is 65.0 Å². The molecule has 2 fully saturated rings. The van der Waals surface area contributed by atoms with Crippen LogP contribution in [-0.2, 0) is 32.1 Å². The van der Waals surface area contributed by atoms with Crippen LogP contribution in [0.5, 0.6) is 0 Å². The van der Waals surface area contributed by atoms with E-state index >= 15 is 0 Å². The van der Waals surface area contributed by atoms with Crippen molar-refractivity contribution in [1.29, 1.82) is 0 Å². The van der Waals surface area contributed by atoms with Gasteiger partial charge in [0.1, 0.15) is 12.1 Å². The molecule has 0 spiro atoms. The third-order valence-electron chi connectivity index (χ3n) is 8.84. The number of carbonyl (C=O) groups excluding carboxylic acids is 4. The maximum atomic E-state index is 13.8. The lowest BCUT2D eigenvalue weighted by Crippen LogP contribution is -2.57. The van der Waals surface area contributed by atoms with Gasteiger partial charge in [0.25, 0.3) is 5.91 Å². The minimum atomic E-state index is -0.954. The lowest BCUT2D eigenvalue weighted by Gasteiger charge is -2.32. The van der Waals surface area contributed by atoms with Gasteiger partial charge >= 0.3 is 0 Å². The molecule has 1 aromatic heterocycles. The highest BCUT2D eigenvalue weighted by atomic mass is 16.5. The Morgan fingerprint density at radius 1 is 0.935 bits per heavy atom. The van der Waals surface area contributed by atoms with Gasteiger partial charge in [0.15, 0.2) is 17.2 Å². The first-order valence-corrected chi connectivity index (χ1v) is 16.6. The third kappa shape index (κ3) is 9.96. The maximum absolute atomic E-state index is 13.8. The average Bonchev–Trinajstić information content (AvgIpc) is 3.58. The quantitative estimate of drug-likeness (QED) is 0.253. The molecule has 1 aromatic carbocycles. The van der Waals surface area contributed by atoms with E-state index < -0.39 is 41.3 Å². The molecule has 11 heteroatoms. The number of Topliss-reactive ketones (excluding diaryl/α,β-unsaturated/α-hetero) is 1. The number of hydrogen-bond donors (Lipinski definition) is 3. The van der Waals surface area contributed by atoms with E-state index in [9.17, 15) is 19.2 Å². The largest absolute Gasteiger partial charge is 0.379 e. The Morgan fingerprint density at radius 3 is 2.20 bits per heavy atom. The molecule has 1 unspecified atom stereocenters. The van der Waals surface area contributed by atoms with E-state index in [0.29, 0.717) is 38.4 Å². The summed E-state index contributed by atoms with van der Waals surface area (Å²) in [5.74, 6) is -0.582. The van der Waals surface area contributed by atoms with Crippen LogP contribution >= 0.6 is 0 Å². The van der Waals surface area contributed by atoms with Crippen molar-refractivity contribution in [2.75, 3.05) is 19.8 Å². The minimum Gasteiger partial charge on any atom is -0.379 e. The molecule has 2 aliphatic rings. The van der Waals surface area contributed by atoms with Gasteiger partial charge < -0.3 is 25.2 Å². The maximum Gasteiger partial charge on any atom is 0.274 e. The predicted molar refractivity (Wildman–Crippen MR) is 174 cm³/mol. The van der Waals surface area contributed by atoms with Crippen LogP contribution in [-0.4, -0.2) is 77.5 Å². The smallest absolute Gasteiger partial charge is 0.274 e. The van der Waals surface area contributed by atoms with Crippen molar-refractivity contribution in [3.05, 3.63) is 53.4 Å². The number of benzene rings is 1. The summed E-state index contributed by atoms with van der Waals surface area (Å²) in [5, 5.41) is 12.7. The Labute approximate surface area is 272 Å². The summed E-state index contributed by atoms with van der Waals surface area (Å²) in [6, 6.07) is 8.72. The van der Waals surface area contributed by atoms with Gasteiger partial charge in [-0.25, -0.2) is 0 Å². The number of rotatable bonds is 16. The molecule has 2 aromatic rings. The SMILES string of the molecule is CC(C)C[C@H](NC(=O)c1cc(CN2CCOCC2C)on1)C(=O)N[C@@H](Cc1ccccc1)C(=O)N[C@@H](CC(C)C)C(=O)C1(C)CC1. The Kier molecular flexibility index (Phi) is 12.1. The summed E-state index contributed by atoms with van der Waals surface area (Å²) in [6.45, 7) is 14.5. The molecule has 1 saturated carbocycles. The second kappa shape index (κ2) is 15.8. The molecule has 3 amide bonds. The van der Waals surface area contributed by atoms with Crippen LogP contribution in [0.25, 0.3) is 0 Å². The molecule has 2 heterocycles. The van der Waals surface area contributed by atoms with E-state index in [0.717, 1.165) is 24.9 Å². The molecule has 252 valence electrons. The number of carbonyl (C=O) groups is 4. The zero-order chi connectivity index (χ0) is 33.4. The Balaban J connectivity index is 1.47. The van der Waals surface area contributed by atoms with E-state index in [-0.39, 0.29) is 35.8 Å². The van der Waals surface area contributed by atoms with Crippen molar-refractivity contribution < 1.29 is 28.4 Å². The molecule has 1 saturated heterocycles. The van der Waals surface area contributed by atoms with Crippen molar-refractivity contribution in [1.82, 2.24) is 26.0 Å².